The summed E-state index contributed by atoms with van der Waals surface area (Å²) in [6.07, 6.45) is 7.22. The highest BCUT2D eigenvalue weighted by Crippen LogP contribution is 2.37. The molecule has 0 unspecified atom stereocenters. The number of aromatic amines is 2. The summed E-state index contributed by atoms with van der Waals surface area (Å²) in [5.41, 5.74) is 22.1. The lowest BCUT2D eigenvalue weighted by molar-refractivity contribution is -0.134. The summed E-state index contributed by atoms with van der Waals surface area (Å²) < 4.78 is 0. The number of hydrogen-bond donors (Lipinski definition) is 2. The molecule has 0 saturated carbocycles. The van der Waals surface area contributed by atoms with E-state index >= 15 is 0 Å². The lowest BCUT2D eigenvalue weighted by Crippen LogP contribution is -2.33. The third kappa shape index (κ3) is 11.3. The second-order valence-electron chi connectivity index (χ2n) is 19.6. The molecule has 2 atom stereocenters. The lowest BCUT2D eigenvalue weighted by Gasteiger charge is -2.30. The molecule has 0 bridgehead atoms. The second kappa shape index (κ2) is 22.2. The molecule has 4 heterocycles. The maximum Gasteiger partial charge on any atom is 0.223 e. The second-order valence-corrected chi connectivity index (χ2v) is 19.6. The molecule has 2 aromatic heterocycles. The van der Waals surface area contributed by atoms with Crippen LogP contribution in [0.15, 0.2) is 165 Å². The number of allylic oxidation sites excluding steroid dienone is 4. The predicted molar refractivity (Wildman–Crippen MR) is 293 cm³/mol. The zero-order chi connectivity index (χ0) is 50.3. The summed E-state index contributed by atoms with van der Waals surface area (Å²) in [5, 5.41) is 0. The van der Waals surface area contributed by atoms with E-state index in [2.05, 4.69) is 140 Å². The van der Waals surface area contributed by atoms with Crippen LogP contribution in [0.1, 0.15) is 140 Å². The molecule has 8 nitrogen and oxygen atoms in total. The van der Waals surface area contributed by atoms with Crippen molar-refractivity contribution in [2.75, 3.05) is 0 Å². The SMILES string of the molecule is CC1=NC(=Cc2[nH]c(C)c(CCC(=O)N(Cc3ccccc3)[C@@H](C)c3ccccc3)c2C)C(C)=C1CC1=C(C)/C(=C\c2[nH]c(C)c(CCC(=O)N(Cc3ccccc3)[C@@H](C)c3ccccc3)c2C)N=C1C. The Morgan fingerprint density at radius 2 is 0.845 bits per heavy atom. The molecule has 6 aromatic rings. The minimum absolute atomic E-state index is 0.0558. The third-order valence-corrected chi connectivity index (χ3v) is 15.0. The zero-order valence-electron chi connectivity index (χ0n) is 43.4. The van der Waals surface area contributed by atoms with Gasteiger partial charge in [-0.15, -0.1) is 0 Å². The summed E-state index contributed by atoms with van der Waals surface area (Å²) in [6.45, 7) is 22.5. The van der Waals surface area contributed by atoms with Crippen LogP contribution in [0.25, 0.3) is 12.2 Å². The average Bonchev–Trinajstić information content (AvgIpc) is 4.01. The number of aromatic nitrogens is 2. The number of H-pyrrole nitrogens is 2. The van der Waals surface area contributed by atoms with E-state index in [0.717, 1.165) is 85.4 Å². The van der Waals surface area contributed by atoms with Gasteiger partial charge in [-0.25, -0.2) is 0 Å². The van der Waals surface area contributed by atoms with Gasteiger partial charge in [0.25, 0.3) is 0 Å². The van der Waals surface area contributed by atoms with Crippen LogP contribution in [0, 0.1) is 27.7 Å². The van der Waals surface area contributed by atoms with Crippen LogP contribution in [-0.4, -0.2) is 43.0 Å². The van der Waals surface area contributed by atoms with Crippen molar-refractivity contribution in [1.82, 2.24) is 19.8 Å². The monoisotopic (exact) mass is 943 g/mol. The highest BCUT2D eigenvalue weighted by Gasteiger charge is 2.27. The predicted octanol–water partition coefficient (Wildman–Crippen LogP) is 14.4. The van der Waals surface area contributed by atoms with Crippen molar-refractivity contribution in [1.29, 1.82) is 0 Å². The number of aryl methyl sites for hydroxylation is 2. The smallest absolute Gasteiger partial charge is 0.223 e. The molecule has 2 aliphatic heterocycles. The number of amides is 2. The molecule has 0 saturated heterocycles. The minimum Gasteiger partial charge on any atom is -0.359 e. The molecule has 0 spiro atoms. The van der Waals surface area contributed by atoms with Crippen LogP contribution in [0.5, 0.6) is 0 Å². The fourth-order valence-corrected chi connectivity index (χ4v) is 10.5. The van der Waals surface area contributed by atoms with Gasteiger partial charge in [0.15, 0.2) is 0 Å². The van der Waals surface area contributed by atoms with E-state index in [9.17, 15) is 9.59 Å². The largest absolute Gasteiger partial charge is 0.359 e. The Kier molecular flexibility index (Phi) is 15.6. The maximum absolute atomic E-state index is 14.1. The van der Waals surface area contributed by atoms with Crippen LogP contribution < -0.4 is 0 Å². The van der Waals surface area contributed by atoms with E-state index in [1.54, 1.807) is 0 Å². The molecule has 0 aliphatic carbocycles. The van der Waals surface area contributed by atoms with Crippen LogP contribution in [0.2, 0.25) is 0 Å². The first kappa shape index (κ1) is 50.1. The van der Waals surface area contributed by atoms with Gasteiger partial charge in [0.2, 0.25) is 11.8 Å². The number of nitrogens with one attached hydrogen (secondary N) is 2. The Hall–Kier alpha value is -7.32. The molecule has 2 aliphatic rings. The molecule has 8 rings (SSSR count). The molecule has 364 valence electrons. The summed E-state index contributed by atoms with van der Waals surface area (Å²) in [4.78, 5) is 49.8. The third-order valence-electron chi connectivity index (χ3n) is 15.0. The van der Waals surface area contributed by atoms with Gasteiger partial charge in [-0.3, -0.25) is 19.6 Å². The van der Waals surface area contributed by atoms with E-state index in [1.165, 1.54) is 33.4 Å². The fourth-order valence-electron chi connectivity index (χ4n) is 10.5. The summed E-state index contributed by atoms with van der Waals surface area (Å²) >= 11 is 0. The normalized spacial score (nSPS) is 15.7. The Labute approximate surface area is 421 Å². The van der Waals surface area contributed by atoms with Crippen molar-refractivity contribution in [2.45, 2.75) is 127 Å². The van der Waals surface area contributed by atoms with E-state index < -0.39 is 0 Å². The standard InChI is InChI=1S/C63H70N6O2/c1-40-54(31-33-62(70)68(38-50-23-15-11-16-24-50)48(9)52-27-19-13-20-28-52)44(5)64-58(40)36-60-42(3)56(46(7)66-60)35-57-43(4)61(67-47(57)8)37-59-41(2)55(45(6)65-59)32-34-63(71)69(39-51-25-17-12-18-26-51)49(10)53-29-21-14-22-30-53/h11-30,36-37,48-49,64-65H,31-35,38-39H2,1-10H3/b60-36+,61-37?/t48-,49-/m0/s1. The molecular weight excluding hydrogens is 873 g/mol. The minimum atomic E-state index is -0.0558. The quantitative estimate of drug-likeness (QED) is 0.0897. The van der Waals surface area contributed by atoms with Gasteiger partial charge in [0.1, 0.15) is 0 Å². The zero-order valence-corrected chi connectivity index (χ0v) is 43.4. The van der Waals surface area contributed by atoms with Crippen LogP contribution >= 0.6 is 0 Å². The molecule has 2 N–H and O–H groups in total. The van der Waals surface area contributed by atoms with E-state index in [1.807, 2.05) is 82.6 Å². The molecule has 0 fully saturated rings. The maximum atomic E-state index is 14.1. The lowest BCUT2D eigenvalue weighted by atomic mass is 9.93. The van der Waals surface area contributed by atoms with Crippen LogP contribution in [0.3, 0.4) is 0 Å². The van der Waals surface area contributed by atoms with Gasteiger partial charge in [-0.2, -0.15) is 0 Å². The Bertz CT molecular complexity index is 2880. The first-order valence-corrected chi connectivity index (χ1v) is 25.3. The molecule has 71 heavy (non-hydrogen) atoms. The number of rotatable bonds is 18. The van der Waals surface area contributed by atoms with Gasteiger partial charge in [-0.05, 0) is 161 Å². The number of aliphatic imine (C=N–C) groups is 2. The Morgan fingerprint density at radius 1 is 0.507 bits per heavy atom. The average molecular weight is 943 g/mol. The van der Waals surface area contributed by atoms with Crippen molar-refractivity contribution < 1.29 is 9.59 Å². The van der Waals surface area contributed by atoms with E-state index in [0.29, 0.717) is 38.8 Å². The molecule has 4 aromatic carbocycles. The first-order chi connectivity index (χ1) is 34.2. The molecular formula is C63H70N6O2. The van der Waals surface area contributed by atoms with E-state index in [-0.39, 0.29) is 23.9 Å². The van der Waals surface area contributed by atoms with Crippen LogP contribution in [-0.2, 0) is 35.5 Å². The van der Waals surface area contributed by atoms with Crippen molar-refractivity contribution >= 4 is 35.4 Å². The van der Waals surface area contributed by atoms with Crippen molar-refractivity contribution in [2.24, 2.45) is 9.98 Å². The van der Waals surface area contributed by atoms with Gasteiger partial charge < -0.3 is 19.8 Å². The summed E-state index contributed by atoms with van der Waals surface area (Å²) in [6, 6.07) is 41.0. The number of benzene rings is 4. The number of carbonyl (C=O) groups excluding carboxylic acids is 2. The van der Waals surface area contributed by atoms with Crippen molar-refractivity contribution in [3.8, 4) is 0 Å². The summed E-state index contributed by atoms with van der Waals surface area (Å²) in [5.74, 6) is 0.279. The topological polar surface area (TPSA) is 96.9 Å². The molecule has 8 heteroatoms. The van der Waals surface area contributed by atoms with Crippen molar-refractivity contribution in [3.63, 3.8) is 0 Å². The van der Waals surface area contributed by atoms with Gasteiger partial charge in [-0.1, -0.05) is 121 Å². The first-order valence-electron chi connectivity index (χ1n) is 25.3. The molecule has 0 radical (unpaired) electrons. The highest BCUT2D eigenvalue weighted by atomic mass is 16.2. The fraction of sp³-hybridized carbons (Fsp3) is 0.302. The van der Waals surface area contributed by atoms with Gasteiger partial charge in [0.05, 0.1) is 23.5 Å². The van der Waals surface area contributed by atoms with Gasteiger partial charge in [0, 0.05) is 66.6 Å². The Morgan fingerprint density at radius 3 is 1.20 bits per heavy atom. The highest BCUT2D eigenvalue weighted by molar-refractivity contribution is 6.09. The van der Waals surface area contributed by atoms with E-state index in [4.69, 9.17) is 9.98 Å². The Balaban J connectivity index is 0.951. The number of carbonyl (C=O) groups is 2. The number of hydrogen-bond acceptors (Lipinski definition) is 4. The van der Waals surface area contributed by atoms with Crippen LogP contribution in [0.4, 0.5) is 0 Å². The van der Waals surface area contributed by atoms with Gasteiger partial charge >= 0.3 is 0 Å². The molecule has 2 amide bonds. The number of nitrogens with zero attached hydrogens (tertiary/aromatic N) is 4. The van der Waals surface area contributed by atoms with Crippen molar-refractivity contribution in [3.05, 3.63) is 222 Å². The summed E-state index contributed by atoms with van der Waals surface area (Å²) in [7, 11) is 0.